The summed E-state index contributed by atoms with van der Waals surface area (Å²) in [7, 11) is 1.57. The second-order valence-electron chi connectivity index (χ2n) is 4.38. The first-order valence-corrected chi connectivity index (χ1v) is 7.00. The molecule has 1 aliphatic rings. The first-order chi connectivity index (χ1) is 8.67. The highest BCUT2D eigenvalue weighted by Crippen LogP contribution is 2.44. The number of nitrogens with one attached hydrogen (secondary N) is 2. The molecule has 0 atom stereocenters. The van der Waals surface area contributed by atoms with Gasteiger partial charge in [-0.3, -0.25) is 4.79 Å². The standard InChI is InChI=1S/C12H19N3O2S/c1-3-6-14-11(16)10-8(13)9(17-2)12(18-10)15-7-4-5-7/h7,15H,3-6,13H2,1-2H3,(H,14,16). The second kappa shape index (κ2) is 5.48. The molecule has 1 aromatic rings. The highest BCUT2D eigenvalue weighted by atomic mass is 32.1. The van der Waals surface area contributed by atoms with Gasteiger partial charge >= 0.3 is 0 Å². The number of amides is 1. The zero-order valence-electron chi connectivity index (χ0n) is 10.7. The number of hydrogen-bond acceptors (Lipinski definition) is 5. The number of carbonyl (C=O) groups is 1. The average molecular weight is 269 g/mol. The molecular weight excluding hydrogens is 250 g/mol. The summed E-state index contributed by atoms with van der Waals surface area (Å²) in [5.41, 5.74) is 6.40. The monoisotopic (exact) mass is 269 g/mol. The van der Waals surface area contributed by atoms with Gasteiger partial charge in [0.15, 0.2) is 5.75 Å². The molecule has 1 aliphatic carbocycles. The third-order valence-electron chi connectivity index (χ3n) is 2.76. The fourth-order valence-corrected chi connectivity index (χ4v) is 2.71. The summed E-state index contributed by atoms with van der Waals surface area (Å²) in [5, 5.41) is 7.03. The predicted octanol–water partition coefficient (Wildman–Crippen LogP) is 2.05. The van der Waals surface area contributed by atoms with Crippen molar-refractivity contribution in [3.05, 3.63) is 4.88 Å². The largest absolute Gasteiger partial charge is 0.492 e. The van der Waals surface area contributed by atoms with Gasteiger partial charge in [-0.1, -0.05) is 6.92 Å². The lowest BCUT2D eigenvalue weighted by Crippen LogP contribution is -2.23. The van der Waals surface area contributed by atoms with Crippen LogP contribution >= 0.6 is 11.3 Å². The van der Waals surface area contributed by atoms with Crippen LogP contribution in [0.3, 0.4) is 0 Å². The van der Waals surface area contributed by atoms with E-state index in [0.29, 0.717) is 28.9 Å². The molecule has 100 valence electrons. The number of methoxy groups -OCH3 is 1. The Morgan fingerprint density at radius 2 is 2.28 bits per heavy atom. The van der Waals surface area contributed by atoms with Crippen LogP contribution in [0, 0.1) is 0 Å². The van der Waals surface area contributed by atoms with E-state index in [-0.39, 0.29) is 5.91 Å². The van der Waals surface area contributed by atoms with E-state index in [9.17, 15) is 4.79 Å². The maximum absolute atomic E-state index is 11.9. The number of rotatable bonds is 6. The summed E-state index contributed by atoms with van der Waals surface area (Å²) in [6, 6.07) is 0.503. The van der Waals surface area contributed by atoms with Gasteiger partial charge in [0.05, 0.1) is 7.11 Å². The number of nitrogen functional groups attached to an aromatic ring is 1. The van der Waals surface area contributed by atoms with Crippen LogP contribution in [0.25, 0.3) is 0 Å². The van der Waals surface area contributed by atoms with Crippen LogP contribution in [0.4, 0.5) is 10.7 Å². The molecule has 0 saturated heterocycles. The molecule has 5 nitrogen and oxygen atoms in total. The number of nitrogens with two attached hydrogens (primary N) is 1. The van der Waals surface area contributed by atoms with Crippen LogP contribution < -0.4 is 21.1 Å². The molecular formula is C12H19N3O2S. The van der Waals surface area contributed by atoms with Crippen molar-refractivity contribution in [3.8, 4) is 5.75 Å². The molecule has 0 radical (unpaired) electrons. The topological polar surface area (TPSA) is 76.4 Å². The van der Waals surface area contributed by atoms with Gasteiger partial charge in [-0.25, -0.2) is 0 Å². The predicted molar refractivity (Wildman–Crippen MR) is 74.6 cm³/mol. The van der Waals surface area contributed by atoms with Gasteiger partial charge in [0.25, 0.3) is 5.91 Å². The molecule has 0 aromatic carbocycles. The maximum atomic E-state index is 11.9. The first-order valence-electron chi connectivity index (χ1n) is 6.18. The molecule has 0 unspecified atom stereocenters. The van der Waals surface area contributed by atoms with Gasteiger partial charge in [0.1, 0.15) is 15.6 Å². The van der Waals surface area contributed by atoms with E-state index in [2.05, 4.69) is 10.6 Å². The summed E-state index contributed by atoms with van der Waals surface area (Å²) in [6.45, 7) is 2.67. The Bertz CT molecular complexity index is 441. The Hall–Kier alpha value is -1.43. The van der Waals surface area contributed by atoms with Gasteiger partial charge in [-0.15, -0.1) is 11.3 Å². The Kier molecular flexibility index (Phi) is 3.96. The quantitative estimate of drug-likeness (QED) is 0.738. The molecule has 18 heavy (non-hydrogen) atoms. The highest BCUT2D eigenvalue weighted by Gasteiger charge is 2.27. The van der Waals surface area contributed by atoms with Crippen molar-refractivity contribution in [2.45, 2.75) is 32.2 Å². The number of thiophene rings is 1. The molecule has 1 saturated carbocycles. The first kappa shape index (κ1) is 13.0. The van der Waals surface area contributed by atoms with Crippen molar-refractivity contribution in [2.75, 3.05) is 24.7 Å². The van der Waals surface area contributed by atoms with E-state index >= 15 is 0 Å². The lowest BCUT2D eigenvalue weighted by molar-refractivity contribution is 0.0958. The number of anilines is 2. The average Bonchev–Trinajstić information content (AvgIpc) is 3.11. The van der Waals surface area contributed by atoms with Gasteiger partial charge in [0.2, 0.25) is 0 Å². The third-order valence-corrected chi connectivity index (χ3v) is 3.87. The van der Waals surface area contributed by atoms with Gasteiger partial charge in [-0.05, 0) is 19.3 Å². The van der Waals surface area contributed by atoms with E-state index in [1.807, 2.05) is 6.92 Å². The van der Waals surface area contributed by atoms with Crippen LogP contribution in [-0.4, -0.2) is 25.6 Å². The van der Waals surface area contributed by atoms with E-state index in [0.717, 1.165) is 11.4 Å². The SMILES string of the molecule is CCCNC(=O)c1sc(NC2CC2)c(OC)c1N. The van der Waals surface area contributed by atoms with Crippen molar-refractivity contribution < 1.29 is 9.53 Å². The molecule has 0 aliphatic heterocycles. The molecule has 1 heterocycles. The van der Waals surface area contributed by atoms with E-state index in [1.165, 1.54) is 24.2 Å². The Morgan fingerprint density at radius 1 is 1.56 bits per heavy atom. The van der Waals surface area contributed by atoms with Gasteiger partial charge in [0, 0.05) is 12.6 Å². The minimum atomic E-state index is -0.124. The molecule has 0 spiro atoms. The summed E-state index contributed by atoms with van der Waals surface area (Å²) >= 11 is 1.36. The summed E-state index contributed by atoms with van der Waals surface area (Å²) in [6.07, 6.45) is 3.23. The Balaban J connectivity index is 2.18. The molecule has 1 amide bonds. The summed E-state index contributed by atoms with van der Waals surface area (Å²) in [5.74, 6) is 0.468. The minimum Gasteiger partial charge on any atom is -0.492 e. The van der Waals surface area contributed by atoms with E-state index in [1.54, 1.807) is 7.11 Å². The molecule has 6 heteroatoms. The fraction of sp³-hybridized carbons (Fsp3) is 0.583. The van der Waals surface area contributed by atoms with Crippen LogP contribution in [0.5, 0.6) is 5.75 Å². The van der Waals surface area contributed by atoms with Crippen molar-refractivity contribution >= 4 is 27.9 Å². The third kappa shape index (κ3) is 2.69. The highest BCUT2D eigenvalue weighted by molar-refractivity contribution is 7.19. The minimum absolute atomic E-state index is 0.124. The molecule has 0 bridgehead atoms. The number of ether oxygens (including phenoxy) is 1. The van der Waals surface area contributed by atoms with E-state index < -0.39 is 0 Å². The Morgan fingerprint density at radius 3 is 2.83 bits per heavy atom. The van der Waals surface area contributed by atoms with Crippen molar-refractivity contribution in [2.24, 2.45) is 0 Å². The van der Waals surface area contributed by atoms with Crippen LogP contribution in [0.1, 0.15) is 35.9 Å². The lowest BCUT2D eigenvalue weighted by atomic mass is 10.3. The Labute approximate surface area is 111 Å². The van der Waals surface area contributed by atoms with Crippen LogP contribution in [0.15, 0.2) is 0 Å². The fourth-order valence-electron chi connectivity index (χ4n) is 1.63. The van der Waals surface area contributed by atoms with Gasteiger partial charge < -0.3 is 21.1 Å². The van der Waals surface area contributed by atoms with Crippen LogP contribution in [0.2, 0.25) is 0 Å². The second-order valence-corrected chi connectivity index (χ2v) is 5.40. The van der Waals surface area contributed by atoms with E-state index in [4.69, 9.17) is 10.5 Å². The number of hydrogen-bond donors (Lipinski definition) is 3. The van der Waals surface area contributed by atoms with Crippen molar-refractivity contribution in [3.63, 3.8) is 0 Å². The summed E-state index contributed by atoms with van der Waals surface area (Å²) < 4.78 is 5.28. The molecule has 1 aromatic heterocycles. The maximum Gasteiger partial charge on any atom is 0.263 e. The molecule has 2 rings (SSSR count). The normalized spacial score (nSPS) is 14.3. The van der Waals surface area contributed by atoms with Crippen molar-refractivity contribution in [1.29, 1.82) is 0 Å². The van der Waals surface area contributed by atoms with Gasteiger partial charge in [-0.2, -0.15) is 0 Å². The lowest BCUT2D eigenvalue weighted by Gasteiger charge is -2.04. The summed E-state index contributed by atoms with van der Waals surface area (Å²) in [4.78, 5) is 12.5. The zero-order chi connectivity index (χ0) is 13.1. The van der Waals surface area contributed by atoms with Crippen molar-refractivity contribution in [1.82, 2.24) is 5.32 Å². The number of carbonyl (C=O) groups excluding carboxylic acids is 1. The van der Waals surface area contributed by atoms with Crippen LogP contribution in [-0.2, 0) is 0 Å². The smallest absolute Gasteiger partial charge is 0.263 e. The molecule has 1 fully saturated rings. The zero-order valence-corrected chi connectivity index (χ0v) is 11.5. The molecule has 4 N–H and O–H groups in total.